The fourth-order valence-corrected chi connectivity index (χ4v) is 9.81. The van der Waals surface area contributed by atoms with Gasteiger partial charge in [-0.1, -0.05) is 71.7 Å². The molecule has 16 nitrogen and oxygen atoms in total. The molecule has 2 aliphatic heterocycles. The van der Waals surface area contributed by atoms with Gasteiger partial charge in [0.05, 0.1) is 56.2 Å². The molecule has 3 heterocycles. The van der Waals surface area contributed by atoms with Gasteiger partial charge in [-0.2, -0.15) is 0 Å². The van der Waals surface area contributed by atoms with E-state index in [1.807, 2.05) is 98.6 Å². The number of aromatic nitrogens is 2. The van der Waals surface area contributed by atoms with Crippen LogP contribution in [0.25, 0.3) is 11.3 Å². The highest BCUT2D eigenvalue weighted by molar-refractivity contribution is 6.31. The summed E-state index contributed by atoms with van der Waals surface area (Å²) in [7, 11) is 10.7. The molecule has 388 valence electrons. The Morgan fingerprint density at radius 2 is 1.51 bits per heavy atom. The molecular weight excluding hydrogens is 972 g/mol. The first-order valence-corrected chi connectivity index (χ1v) is 25.2. The summed E-state index contributed by atoms with van der Waals surface area (Å²) in [5, 5.41) is 6.92. The van der Waals surface area contributed by atoms with Gasteiger partial charge in [-0.15, -0.1) is 0 Å². The second-order valence-electron chi connectivity index (χ2n) is 19.2. The minimum absolute atomic E-state index is 0.105. The smallest absolute Gasteiger partial charge is 0.247 e. The van der Waals surface area contributed by atoms with Gasteiger partial charge in [0.25, 0.3) is 0 Å². The van der Waals surface area contributed by atoms with Crippen LogP contribution in [0.3, 0.4) is 0 Å². The van der Waals surface area contributed by atoms with Crippen molar-refractivity contribution < 1.29 is 38.2 Å². The predicted octanol–water partition coefficient (Wildman–Crippen LogP) is 6.55. The predicted molar refractivity (Wildman–Crippen MR) is 280 cm³/mol. The number of carbonyl (C=O) groups excluding carboxylic acids is 5. The van der Waals surface area contributed by atoms with Crippen LogP contribution in [0, 0.1) is 5.92 Å². The number of hydrogen-bond acceptors (Lipinski definition) is 10. The number of halogens is 2. The minimum Gasteiger partial charge on any atom is -0.457 e. The summed E-state index contributed by atoms with van der Waals surface area (Å²) < 4.78 is 20.0. The number of fused-ring (bicyclic) bond motifs is 1. The van der Waals surface area contributed by atoms with E-state index in [4.69, 9.17) is 37.4 Å². The summed E-state index contributed by atoms with van der Waals surface area (Å²) in [5.74, 6) is -1.41. The molecule has 2 saturated heterocycles. The lowest BCUT2D eigenvalue weighted by Crippen LogP contribution is -2.60. The quantitative estimate of drug-likeness (QED) is 0.132. The first-order chi connectivity index (χ1) is 35.0. The van der Waals surface area contributed by atoms with E-state index >= 15 is 4.79 Å². The van der Waals surface area contributed by atoms with Crippen LogP contribution in [0.5, 0.6) is 11.5 Å². The number of ether oxygens (including phenoxy) is 3. The first-order valence-electron chi connectivity index (χ1n) is 24.5. The van der Waals surface area contributed by atoms with Gasteiger partial charge in [0.1, 0.15) is 29.4 Å². The molecule has 0 radical (unpaired) electrons. The van der Waals surface area contributed by atoms with E-state index in [9.17, 15) is 19.2 Å². The third-order valence-electron chi connectivity index (χ3n) is 13.7. The number of amides is 5. The number of nitrogens with zero attached hydrogens (tertiary/aromatic N) is 6. The number of likely N-dealkylation sites (N-methyl/N-ethyl adjacent to an activating group) is 2. The molecule has 73 heavy (non-hydrogen) atoms. The molecule has 3 unspecified atom stereocenters. The number of rotatable bonds is 13. The number of nitrogens with one attached hydrogen (secondary N) is 2. The Balaban J connectivity index is 1.25. The van der Waals surface area contributed by atoms with Gasteiger partial charge >= 0.3 is 0 Å². The maximum atomic E-state index is 15.2. The van der Waals surface area contributed by atoms with Gasteiger partial charge in [-0.05, 0) is 99.9 Å². The summed E-state index contributed by atoms with van der Waals surface area (Å²) in [6, 6.07) is 25.1. The van der Waals surface area contributed by atoms with Crippen molar-refractivity contribution in [3.05, 3.63) is 136 Å². The van der Waals surface area contributed by atoms with Crippen molar-refractivity contribution in [3.63, 3.8) is 0 Å². The largest absolute Gasteiger partial charge is 0.457 e. The van der Waals surface area contributed by atoms with Crippen LogP contribution >= 0.6 is 23.2 Å². The van der Waals surface area contributed by atoms with E-state index in [-0.39, 0.29) is 57.3 Å². The topological polar surface area (TPSA) is 168 Å². The Labute approximate surface area is 437 Å². The van der Waals surface area contributed by atoms with Crippen molar-refractivity contribution in [1.29, 1.82) is 0 Å². The minimum atomic E-state index is -1.21. The van der Waals surface area contributed by atoms with Gasteiger partial charge < -0.3 is 49.0 Å². The Bertz CT molecular complexity index is 2700. The van der Waals surface area contributed by atoms with Gasteiger partial charge in [-0.3, -0.25) is 24.0 Å². The molecule has 18 heteroatoms. The van der Waals surface area contributed by atoms with Crippen molar-refractivity contribution in [3.8, 4) is 22.8 Å². The molecule has 6 atom stereocenters. The molecule has 0 saturated carbocycles. The van der Waals surface area contributed by atoms with Crippen LogP contribution < -0.4 is 15.4 Å². The third-order valence-corrected chi connectivity index (χ3v) is 14.2. The van der Waals surface area contributed by atoms with E-state index in [1.54, 1.807) is 56.3 Å². The average molecular weight is 1040 g/mol. The summed E-state index contributed by atoms with van der Waals surface area (Å²) in [6.45, 7) is 2.43. The lowest BCUT2D eigenvalue weighted by molar-refractivity contribution is -0.148. The van der Waals surface area contributed by atoms with Crippen molar-refractivity contribution in [1.82, 2.24) is 39.8 Å². The highest BCUT2D eigenvalue weighted by Crippen LogP contribution is 2.33. The van der Waals surface area contributed by atoms with Gasteiger partial charge in [0, 0.05) is 74.9 Å². The highest BCUT2D eigenvalue weighted by atomic mass is 35.5. The zero-order valence-electron chi connectivity index (χ0n) is 42.6. The fourth-order valence-electron chi connectivity index (χ4n) is 9.52. The molecule has 7 rings (SSSR count). The molecule has 0 bridgehead atoms. The highest BCUT2D eigenvalue weighted by Gasteiger charge is 2.39. The van der Waals surface area contributed by atoms with Crippen LogP contribution in [0.15, 0.2) is 103 Å². The zero-order chi connectivity index (χ0) is 52.3. The lowest BCUT2D eigenvalue weighted by Gasteiger charge is -2.40. The molecule has 2 fully saturated rings. The average Bonchev–Trinajstić information content (AvgIpc) is 3.73. The van der Waals surface area contributed by atoms with E-state index < -0.39 is 53.8 Å². The Hall–Kier alpha value is -6.30. The summed E-state index contributed by atoms with van der Waals surface area (Å²) in [4.78, 5) is 84.8. The number of imidazole rings is 1. The van der Waals surface area contributed by atoms with E-state index in [2.05, 4.69) is 20.5 Å². The number of carbonyl (C=O) groups is 5. The van der Waals surface area contributed by atoms with Gasteiger partial charge in [0.15, 0.2) is 0 Å². The van der Waals surface area contributed by atoms with Crippen molar-refractivity contribution in [2.24, 2.45) is 13.0 Å². The second-order valence-corrected chi connectivity index (χ2v) is 20.1. The van der Waals surface area contributed by atoms with E-state index in [1.165, 1.54) is 16.9 Å². The maximum Gasteiger partial charge on any atom is 0.247 e. The summed E-state index contributed by atoms with van der Waals surface area (Å²) >= 11 is 12.8. The van der Waals surface area contributed by atoms with Crippen molar-refractivity contribution in [2.75, 3.05) is 55.1 Å². The monoisotopic (exact) mass is 1040 g/mol. The maximum absolute atomic E-state index is 15.2. The molecule has 1 aromatic heterocycles. The molecule has 5 amide bonds. The molecule has 0 spiro atoms. The third kappa shape index (κ3) is 14.1. The lowest BCUT2D eigenvalue weighted by atomic mass is 9.91. The Morgan fingerprint density at radius 3 is 2.21 bits per heavy atom. The number of hydrogen-bond donors (Lipinski definition) is 2. The van der Waals surface area contributed by atoms with E-state index in [0.29, 0.717) is 46.7 Å². The van der Waals surface area contributed by atoms with Crippen LogP contribution in [0.4, 0.5) is 0 Å². The molecule has 2 aliphatic rings. The molecule has 4 aromatic carbocycles. The summed E-state index contributed by atoms with van der Waals surface area (Å²) in [5.41, 5.74) is 4.07. The molecule has 5 aromatic rings. The SMILES string of the molecule is COC[C@@H]1NC(=O)[C@H](C)N(Cc2ccc(Cl)cc2Oc2ccc(-c3cnc(CN(C)C)n3C)cc2)C(=O)C[C@@H](Cc2ccccc2)C(=O)N(C)C2CCOCC2NC(=O)CC(Cc2ccc(Cl)cc2)N(C)C1=O. The van der Waals surface area contributed by atoms with Crippen LogP contribution in [0.2, 0.25) is 10.0 Å². The van der Waals surface area contributed by atoms with Gasteiger partial charge in [0.2, 0.25) is 29.5 Å². The van der Waals surface area contributed by atoms with Crippen molar-refractivity contribution >= 4 is 52.7 Å². The summed E-state index contributed by atoms with van der Waals surface area (Å²) in [6.07, 6.45) is 2.38. The van der Waals surface area contributed by atoms with Gasteiger partial charge in [-0.25, -0.2) is 4.98 Å². The Kier molecular flexibility index (Phi) is 18.7. The number of methoxy groups -OCH3 is 1. The first kappa shape index (κ1) is 54.5. The number of benzene rings is 4. The van der Waals surface area contributed by atoms with Crippen molar-refractivity contribution in [2.45, 2.75) is 82.3 Å². The van der Waals surface area contributed by atoms with Crippen LogP contribution in [-0.4, -0.2) is 144 Å². The zero-order valence-corrected chi connectivity index (χ0v) is 44.1. The molecule has 2 N–H and O–H groups in total. The molecular formula is C55H66Cl2N8O8. The van der Waals surface area contributed by atoms with Crippen LogP contribution in [-0.2, 0) is 66.4 Å². The Morgan fingerprint density at radius 1 is 0.808 bits per heavy atom. The normalized spacial score (nSPS) is 21.9. The fraction of sp³-hybridized carbons (Fsp3) is 0.418. The molecule has 0 aliphatic carbocycles. The standard InChI is InChI=1S/C55H66Cl2N8O8/c1-35-53(68)60-46(33-71-7)55(70)62(4)43(26-37-13-18-41(56)19-14-37)29-51(66)59-45-34-72-24-23-47(45)64(6)54(69)40(25-36-11-9-8-10-12-36)27-52(67)65(35)31-39-15-20-42(57)28-49(39)73-44-21-16-38(17-22-44)48-30-58-50(63(48)5)32-61(2)3/h8-22,28,30,35,40,43,45-47H,23-27,29,31-34H2,1-7H3,(H,59,66)(H,60,68)/t35-,40+,43?,45?,46-,47?/m0/s1. The van der Waals surface area contributed by atoms with Crippen LogP contribution in [0.1, 0.15) is 48.7 Å². The van der Waals surface area contributed by atoms with E-state index in [0.717, 1.165) is 28.2 Å². The second kappa shape index (κ2) is 25.1.